The predicted molar refractivity (Wildman–Crippen MR) is 158 cm³/mol. The van der Waals surface area contributed by atoms with Gasteiger partial charge in [0.25, 0.3) is 5.91 Å². The number of anilines is 1. The fraction of sp³-hybridized carbons (Fsp3) is 0.312. The first-order valence-corrected chi connectivity index (χ1v) is 13.4. The number of benzene rings is 2. The molecule has 2 aromatic carbocycles. The third kappa shape index (κ3) is 9.32. The van der Waals surface area contributed by atoms with Crippen molar-refractivity contribution < 1.29 is 19.0 Å². The molecular weight excluding hydrogens is 507 g/mol. The van der Waals surface area contributed by atoms with Crippen molar-refractivity contribution in [1.29, 1.82) is 0 Å². The molecule has 0 aliphatic heterocycles. The van der Waals surface area contributed by atoms with Gasteiger partial charge in [0.15, 0.2) is 0 Å². The zero-order chi connectivity index (χ0) is 28.9. The van der Waals surface area contributed by atoms with Gasteiger partial charge in [0.1, 0.15) is 24.0 Å². The number of pyridine rings is 1. The minimum absolute atomic E-state index is 0.191. The van der Waals surface area contributed by atoms with Crippen molar-refractivity contribution in [2.75, 3.05) is 31.6 Å². The van der Waals surface area contributed by atoms with Crippen molar-refractivity contribution in [2.24, 2.45) is 0 Å². The number of nitrogens with one attached hydrogen (secondary N) is 2. The van der Waals surface area contributed by atoms with E-state index in [9.17, 15) is 14.3 Å². The van der Waals surface area contributed by atoms with Crippen LogP contribution in [0.25, 0.3) is 0 Å². The van der Waals surface area contributed by atoms with Crippen LogP contribution in [0.1, 0.15) is 34.0 Å². The second-order valence-electron chi connectivity index (χ2n) is 9.62. The van der Waals surface area contributed by atoms with Crippen molar-refractivity contribution in [2.45, 2.75) is 38.5 Å². The lowest BCUT2D eigenvalue weighted by atomic mass is 10.00. The van der Waals surface area contributed by atoms with Gasteiger partial charge in [0.2, 0.25) is 0 Å². The predicted octanol–water partition coefficient (Wildman–Crippen LogP) is 4.46. The van der Waals surface area contributed by atoms with Gasteiger partial charge in [-0.1, -0.05) is 49.9 Å². The molecule has 0 aliphatic carbocycles. The number of amides is 1. The van der Waals surface area contributed by atoms with Crippen molar-refractivity contribution in [3.8, 4) is 5.75 Å². The lowest BCUT2D eigenvalue weighted by Gasteiger charge is -2.25. The van der Waals surface area contributed by atoms with Crippen LogP contribution < -0.4 is 20.3 Å². The van der Waals surface area contributed by atoms with Crippen LogP contribution in [0.2, 0.25) is 0 Å². The summed E-state index contributed by atoms with van der Waals surface area (Å²) in [5, 5.41) is 17.4. The first-order chi connectivity index (χ1) is 19.3. The van der Waals surface area contributed by atoms with E-state index in [1.807, 2.05) is 24.1 Å². The van der Waals surface area contributed by atoms with Crippen LogP contribution in [0.15, 0.2) is 86.1 Å². The molecule has 40 heavy (non-hydrogen) atoms. The largest absolute Gasteiger partial charge is 0.489 e. The smallest absolute Gasteiger partial charge is 0.251 e. The van der Waals surface area contributed by atoms with E-state index in [-0.39, 0.29) is 25.5 Å². The van der Waals surface area contributed by atoms with Gasteiger partial charge >= 0.3 is 0 Å². The molecule has 0 aliphatic rings. The number of nitrogens with zero attached hydrogens (tertiary/aromatic N) is 2. The molecule has 0 bridgehead atoms. The van der Waals surface area contributed by atoms with Gasteiger partial charge in [-0.25, -0.2) is 9.37 Å². The van der Waals surface area contributed by atoms with Crippen LogP contribution in [0.4, 0.5) is 10.2 Å². The molecule has 1 aromatic heterocycles. The molecule has 7 nitrogen and oxygen atoms in total. The zero-order valence-corrected chi connectivity index (χ0v) is 23.3. The van der Waals surface area contributed by atoms with Gasteiger partial charge in [0.05, 0.1) is 12.1 Å². The highest BCUT2D eigenvalue weighted by Gasteiger charge is 2.23. The summed E-state index contributed by atoms with van der Waals surface area (Å²) in [7, 11) is 1.86. The Morgan fingerprint density at radius 2 is 1.93 bits per heavy atom. The minimum Gasteiger partial charge on any atom is -0.489 e. The lowest BCUT2D eigenvalue weighted by molar-refractivity contribution is 0.0829. The zero-order valence-electron chi connectivity index (χ0n) is 23.3. The van der Waals surface area contributed by atoms with Gasteiger partial charge in [-0.3, -0.25) is 4.79 Å². The monoisotopic (exact) mass is 546 g/mol. The molecule has 3 rings (SSSR count). The Hall–Kier alpha value is -4.01. The molecule has 2 atom stereocenters. The first-order valence-electron chi connectivity index (χ1n) is 13.4. The second kappa shape index (κ2) is 15.5. The van der Waals surface area contributed by atoms with Gasteiger partial charge in [-0.2, -0.15) is 0 Å². The molecule has 0 saturated heterocycles. The quantitative estimate of drug-likeness (QED) is 0.230. The van der Waals surface area contributed by atoms with Crippen LogP contribution in [-0.4, -0.2) is 54.9 Å². The summed E-state index contributed by atoms with van der Waals surface area (Å²) in [6.45, 7) is 11.1. The Labute approximate surface area is 236 Å². The number of ether oxygens (including phenoxy) is 1. The fourth-order valence-electron chi connectivity index (χ4n) is 4.29. The SMILES string of the molecule is C=CCOc1cc(F)cc(C[C@H](NC(=O)c2ccnc(N(C)CC=C)c2)[C@H](O)CNCc2cccc(CC)c2)c1. The van der Waals surface area contributed by atoms with Crippen LogP contribution >= 0.6 is 0 Å². The molecule has 1 heterocycles. The summed E-state index contributed by atoms with van der Waals surface area (Å²) >= 11 is 0. The number of aryl methyl sites for hydroxylation is 1. The average molecular weight is 547 g/mol. The third-order valence-corrected chi connectivity index (χ3v) is 6.42. The van der Waals surface area contributed by atoms with Gasteiger partial charge in [0, 0.05) is 44.5 Å². The first kappa shape index (κ1) is 30.5. The molecule has 8 heteroatoms. The molecule has 0 fully saturated rings. The van der Waals surface area contributed by atoms with Crippen LogP contribution in [-0.2, 0) is 19.4 Å². The van der Waals surface area contributed by atoms with Crippen molar-refractivity contribution in [3.05, 3.63) is 114 Å². The summed E-state index contributed by atoms with van der Waals surface area (Å²) in [5.74, 6) is 0.145. The highest BCUT2D eigenvalue weighted by molar-refractivity contribution is 5.95. The normalized spacial score (nSPS) is 12.3. The Balaban J connectivity index is 1.78. The molecule has 0 spiro atoms. The van der Waals surface area contributed by atoms with E-state index in [2.05, 4.69) is 47.8 Å². The van der Waals surface area contributed by atoms with Gasteiger partial charge in [-0.05, 0) is 53.8 Å². The van der Waals surface area contributed by atoms with Crippen molar-refractivity contribution >= 4 is 11.7 Å². The summed E-state index contributed by atoms with van der Waals surface area (Å²) < 4.78 is 19.9. The Morgan fingerprint density at radius 1 is 1.12 bits per heavy atom. The summed E-state index contributed by atoms with van der Waals surface area (Å²) in [6.07, 6.45) is 5.07. The number of likely N-dealkylation sites (N-methyl/N-ethyl adjacent to an activating group) is 1. The van der Waals surface area contributed by atoms with Gasteiger partial charge < -0.3 is 25.4 Å². The summed E-state index contributed by atoms with van der Waals surface area (Å²) in [6, 6.07) is 15.2. The molecule has 1 amide bonds. The van der Waals surface area contributed by atoms with Crippen LogP contribution in [0, 0.1) is 5.82 Å². The molecular formula is C32H39FN4O3. The topological polar surface area (TPSA) is 86.7 Å². The van der Waals surface area contributed by atoms with E-state index in [0.717, 1.165) is 12.0 Å². The number of carbonyl (C=O) groups is 1. The van der Waals surface area contributed by atoms with E-state index < -0.39 is 18.0 Å². The molecule has 3 aromatic rings. The average Bonchev–Trinajstić information content (AvgIpc) is 2.95. The molecule has 212 valence electrons. The number of hydrogen-bond donors (Lipinski definition) is 3. The summed E-state index contributed by atoms with van der Waals surface area (Å²) in [4.78, 5) is 19.5. The van der Waals surface area contributed by atoms with Crippen LogP contribution in [0.5, 0.6) is 5.75 Å². The second-order valence-corrected chi connectivity index (χ2v) is 9.62. The van der Waals surface area contributed by atoms with E-state index in [4.69, 9.17) is 4.74 Å². The Kier molecular flexibility index (Phi) is 11.9. The number of carbonyl (C=O) groups excluding carboxylic acids is 1. The maximum Gasteiger partial charge on any atom is 0.251 e. The number of rotatable bonds is 16. The lowest BCUT2D eigenvalue weighted by Crippen LogP contribution is -2.48. The van der Waals surface area contributed by atoms with E-state index in [1.165, 1.54) is 17.7 Å². The van der Waals surface area contributed by atoms with E-state index in [1.54, 1.807) is 36.5 Å². The van der Waals surface area contributed by atoms with Crippen molar-refractivity contribution in [1.82, 2.24) is 15.6 Å². The third-order valence-electron chi connectivity index (χ3n) is 6.42. The number of halogens is 1. The molecule has 0 unspecified atom stereocenters. The highest BCUT2D eigenvalue weighted by Crippen LogP contribution is 2.19. The number of aliphatic hydroxyl groups excluding tert-OH is 1. The van der Waals surface area contributed by atoms with E-state index >= 15 is 0 Å². The molecule has 3 N–H and O–H groups in total. The van der Waals surface area contributed by atoms with Crippen molar-refractivity contribution in [3.63, 3.8) is 0 Å². The summed E-state index contributed by atoms with van der Waals surface area (Å²) in [5.41, 5.74) is 3.33. The standard InChI is InChI=1S/C32H39FN4O3/c1-5-13-37(4)31-19-26(11-12-35-31)32(39)36-29(18-25-16-27(33)20-28(17-25)40-14-6-2)30(38)22-34-21-24-10-8-9-23(7-3)15-24/h5-6,8-12,15-17,19-20,29-30,34,38H,1-2,7,13-14,18,21-22H2,3-4H3,(H,36,39)/t29-,30+/m0/s1. The van der Waals surface area contributed by atoms with E-state index in [0.29, 0.717) is 35.8 Å². The maximum absolute atomic E-state index is 14.4. The number of hydrogen-bond acceptors (Lipinski definition) is 6. The van der Waals surface area contributed by atoms with Crippen LogP contribution in [0.3, 0.4) is 0 Å². The van der Waals surface area contributed by atoms with Gasteiger partial charge in [-0.15, -0.1) is 6.58 Å². The molecule has 0 saturated carbocycles. The number of aromatic nitrogens is 1. The Bertz CT molecular complexity index is 1280. The Morgan fingerprint density at radius 3 is 2.67 bits per heavy atom. The highest BCUT2D eigenvalue weighted by atomic mass is 19.1. The maximum atomic E-state index is 14.4. The fourth-order valence-corrected chi connectivity index (χ4v) is 4.29. The molecule has 0 radical (unpaired) electrons. The minimum atomic E-state index is -0.955. The number of aliphatic hydroxyl groups is 1.